The Morgan fingerprint density at radius 3 is 2.53 bits per heavy atom. The first-order chi connectivity index (χ1) is 9.19. The second-order valence-corrected chi connectivity index (χ2v) is 5.59. The van der Waals surface area contributed by atoms with Gasteiger partial charge in [0.2, 0.25) is 0 Å². The van der Waals surface area contributed by atoms with Crippen LogP contribution in [0.25, 0.3) is 0 Å². The lowest BCUT2D eigenvalue weighted by Gasteiger charge is -2.16. The van der Waals surface area contributed by atoms with E-state index in [-0.39, 0.29) is 5.82 Å². The summed E-state index contributed by atoms with van der Waals surface area (Å²) in [6.45, 7) is 0.595. The van der Waals surface area contributed by atoms with Crippen molar-refractivity contribution in [1.82, 2.24) is 0 Å². The van der Waals surface area contributed by atoms with Crippen LogP contribution in [0.15, 0.2) is 53.0 Å². The highest BCUT2D eigenvalue weighted by Gasteiger charge is 2.11. The van der Waals surface area contributed by atoms with Crippen LogP contribution in [0, 0.1) is 11.7 Å². The third-order valence-electron chi connectivity index (χ3n) is 3.21. The van der Waals surface area contributed by atoms with E-state index >= 15 is 0 Å². The van der Waals surface area contributed by atoms with Crippen LogP contribution in [0.3, 0.4) is 0 Å². The fourth-order valence-corrected chi connectivity index (χ4v) is 2.66. The van der Waals surface area contributed by atoms with Crippen LogP contribution >= 0.6 is 15.9 Å². The summed E-state index contributed by atoms with van der Waals surface area (Å²) >= 11 is 3.55. The van der Waals surface area contributed by atoms with Crippen molar-refractivity contribution in [2.75, 3.05) is 6.54 Å². The molecule has 100 valence electrons. The molecule has 1 atom stereocenters. The highest BCUT2D eigenvalue weighted by molar-refractivity contribution is 9.10. The molecule has 0 radical (unpaired) electrons. The van der Waals surface area contributed by atoms with Crippen molar-refractivity contribution >= 4 is 15.9 Å². The summed E-state index contributed by atoms with van der Waals surface area (Å²) in [5.74, 6) is 0.134. The van der Waals surface area contributed by atoms with Gasteiger partial charge in [0.25, 0.3) is 0 Å². The van der Waals surface area contributed by atoms with E-state index in [9.17, 15) is 4.39 Å². The fourth-order valence-electron chi connectivity index (χ4n) is 2.21. The van der Waals surface area contributed by atoms with Gasteiger partial charge in [0.05, 0.1) is 0 Å². The topological polar surface area (TPSA) is 26.0 Å². The lowest BCUT2D eigenvalue weighted by atomic mass is 9.92. The van der Waals surface area contributed by atoms with E-state index < -0.39 is 0 Å². The van der Waals surface area contributed by atoms with Gasteiger partial charge in [-0.3, -0.25) is 0 Å². The Morgan fingerprint density at radius 2 is 1.84 bits per heavy atom. The molecule has 0 amide bonds. The Hall–Kier alpha value is -1.19. The van der Waals surface area contributed by atoms with Gasteiger partial charge in [0.15, 0.2) is 0 Å². The van der Waals surface area contributed by atoms with Crippen LogP contribution < -0.4 is 5.73 Å². The SMILES string of the molecule is NCC(Cc1cccc(F)c1)Cc1ccccc1Br. The molecule has 0 saturated heterocycles. The third kappa shape index (κ3) is 4.15. The van der Waals surface area contributed by atoms with Gasteiger partial charge < -0.3 is 5.73 Å². The van der Waals surface area contributed by atoms with Crippen LogP contribution in [0.2, 0.25) is 0 Å². The van der Waals surface area contributed by atoms with E-state index in [4.69, 9.17) is 5.73 Å². The van der Waals surface area contributed by atoms with Crippen molar-refractivity contribution < 1.29 is 4.39 Å². The maximum absolute atomic E-state index is 13.2. The van der Waals surface area contributed by atoms with Gasteiger partial charge in [-0.1, -0.05) is 46.3 Å². The van der Waals surface area contributed by atoms with E-state index in [1.807, 2.05) is 24.3 Å². The molecule has 2 N–H and O–H groups in total. The number of rotatable bonds is 5. The van der Waals surface area contributed by atoms with Crippen LogP contribution in [0.5, 0.6) is 0 Å². The van der Waals surface area contributed by atoms with Gasteiger partial charge in [-0.15, -0.1) is 0 Å². The average Bonchev–Trinajstić information content (AvgIpc) is 2.40. The van der Waals surface area contributed by atoms with Gasteiger partial charge in [0.1, 0.15) is 5.82 Å². The van der Waals surface area contributed by atoms with E-state index in [2.05, 4.69) is 22.0 Å². The number of hydrogen-bond donors (Lipinski definition) is 1. The van der Waals surface area contributed by atoms with Gasteiger partial charge in [-0.25, -0.2) is 4.39 Å². The summed E-state index contributed by atoms with van der Waals surface area (Å²) in [6.07, 6.45) is 1.70. The molecule has 0 fully saturated rings. The molecule has 0 spiro atoms. The molecule has 2 aromatic rings. The minimum Gasteiger partial charge on any atom is -0.330 e. The van der Waals surface area contributed by atoms with Gasteiger partial charge >= 0.3 is 0 Å². The molecule has 1 unspecified atom stereocenters. The van der Waals surface area contributed by atoms with Gasteiger partial charge in [-0.05, 0) is 54.6 Å². The number of halogens is 2. The predicted octanol–water partition coefficient (Wildman–Crippen LogP) is 3.95. The molecule has 0 heterocycles. The maximum Gasteiger partial charge on any atom is 0.123 e. The zero-order valence-corrected chi connectivity index (χ0v) is 12.2. The second kappa shape index (κ2) is 6.83. The van der Waals surface area contributed by atoms with Crippen molar-refractivity contribution in [3.05, 3.63) is 69.9 Å². The summed E-state index contributed by atoms with van der Waals surface area (Å²) in [5.41, 5.74) is 8.09. The lowest BCUT2D eigenvalue weighted by molar-refractivity contribution is 0.529. The molecule has 0 aliphatic heterocycles. The molecule has 19 heavy (non-hydrogen) atoms. The normalized spacial score (nSPS) is 12.4. The first kappa shape index (κ1) is 14.2. The third-order valence-corrected chi connectivity index (χ3v) is 3.99. The van der Waals surface area contributed by atoms with Crippen molar-refractivity contribution in [3.8, 4) is 0 Å². The minimum absolute atomic E-state index is 0.186. The van der Waals surface area contributed by atoms with E-state index in [0.717, 1.165) is 22.9 Å². The van der Waals surface area contributed by atoms with Crippen molar-refractivity contribution in [2.24, 2.45) is 11.7 Å². The summed E-state index contributed by atoms with van der Waals surface area (Å²) in [4.78, 5) is 0. The number of benzene rings is 2. The molecular formula is C16H17BrFN. The van der Waals surface area contributed by atoms with Crippen LogP contribution in [-0.4, -0.2) is 6.54 Å². The molecule has 0 saturated carbocycles. The van der Waals surface area contributed by atoms with Crippen molar-refractivity contribution in [1.29, 1.82) is 0 Å². The molecule has 0 aliphatic rings. The highest BCUT2D eigenvalue weighted by atomic mass is 79.9. The first-order valence-electron chi connectivity index (χ1n) is 6.37. The van der Waals surface area contributed by atoms with E-state index in [0.29, 0.717) is 12.5 Å². The fraction of sp³-hybridized carbons (Fsp3) is 0.250. The van der Waals surface area contributed by atoms with E-state index in [1.165, 1.54) is 11.6 Å². The minimum atomic E-state index is -0.186. The van der Waals surface area contributed by atoms with Crippen LogP contribution in [-0.2, 0) is 12.8 Å². The van der Waals surface area contributed by atoms with Crippen LogP contribution in [0.4, 0.5) is 4.39 Å². The second-order valence-electron chi connectivity index (χ2n) is 4.73. The Morgan fingerprint density at radius 1 is 1.05 bits per heavy atom. The molecule has 1 nitrogen and oxygen atoms in total. The monoisotopic (exact) mass is 321 g/mol. The first-order valence-corrected chi connectivity index (χ1v) is 7.16. The zero-order chi connectivity index (χ0) is 13.7. The molecule has 2 aromatic carbocycles. The van der Waals surface area contributed by atoms with Gasteiger partial charge in [0, 0.05) is 4.47 Å². The lowest BCUT2D eigenvalue weighted by Crippen LogP contribution is -2.19. The van der Waals surface area contributed by atoms with Crippen molar-refractivity contribution in [2.45, 2.75) is 12.8 Å². The van der Waals surface area contributed by atoms with Gasteiger partial charge in [-0.2, -0.15) is 0 Å². The molecular weight excluding hydrogens is 305 g/mol. The maximum atomic E-state index is 13.2. The molecule has 2 rings (SSSR count). The Kier molecular flexibility index (Phi) is 5.11. The Balaban J connectivity index is 2.07. The average molecular weight is 322 g/mol. The molecule has 3 heteroatoms. The molecule has 0 aromatic heterocycles. The quantitative estimate of drug-likeness (QED) is 0.886. The molecule has 0 bridgehead atoms. The Labute approximate surface area is 121 Å². The highest BCUT2D eigenvalue weighted by Crippen LogP contribution is 2.21. The van der Waals surface area contributed by atoms with Crippen molar-refractivity contribution in [3.63, 3.8) is 0 Å². The smallest absolute Gasteiger partial charge is 0.123 e. The standard InChI is InChI=1S/C16H17BrFN/c17-16-7-2-1-5-14(16)9-13(11-19)8-12-4-3-6-15(18)10-12/h1-7,10,13H,8-9,11,19H2. The predicted molar refractivity (Wildman–Crippen MR) is 80.5 cm³/mol. The van der Waals surface area contributed by atoms with Crippen LogP contribution in [0.1, 0.15) is 11.1 Å². The molecule has 0 aliphatic carbocycles. The Bertz CT molecular complexity index is 542. The number of hydrogen-bond acceptors (Lipinski definition) is 1. The summed E-state index contributed by atoms with van der Waals surface area (Å²) in [7, 11) is 0. The largest absolute Gasteiger partial charge is 0.330 e. The summed E-state index contributed by atoms with van der Waals surface area (Å²) in [6, 6.07) is 14.9. The summed E-state index contributed by atoms with van der Waals surface area (Å²) < 4.78 is 14.3. The van der Waals surface area contributed by atoms with E-state index in [1.54, 1.807) is 12.1 Å². The number of nitrogens with two attached hydrogens (primary N) is 1. The summed E-state index contributed by atoms with van der Waals surface area (Å²) in [5, 5.41) is 0. The zero-order valence-electron chi connectivity index (χ0n) is 10.7.